The zero-order chi connectivity index (χ0) is 12.7. The van der Waals surface area contributed by atoms with Gasteiger partial charge in [0, 0.05) is 7.05 Å². The fourth-order valence-electron chi connectivity index (χ4n) is 1.23. The highest BCUT2D eigenvalue weighted by atomic mass is 35.5. The number of nitrogens with zero attached hydrogens (tertiary/aromatic N) is 4. The maximum absolute atomic E-state index is 5.83. The van der Waals surface area contributed by atoms with Gasteiger partial charge in [0.2, 0.25) is 0 Å². The molecule has 90 valence electrons. The van der Waals surface area contributed by atoms with Crippen LogP contribution in [0.2, 0.25) is 5.15 Å². The third kappa shape index (κ3) is 2.92. The SMILES string of the molecule is CC.CC.Cc1ncnc2c(Cl)nn(C)c12. The summed E-state index contributed by atoms with van der Waals surface area (Å²) in [7, 11) is 1.82. The Hall–Kier alpha value is -1.16. The maximum Gasteiger partial charge on any atom is 0.177 e. The van der Waals surface area contributed by atoms with Gasteiger partial charge in [-0.2, -0.15) is 5.10 Å². The first kappa shape index (κ1) is 14.8. The molecule has 0 saturated heterocycles. The summed E-state index contributed by atoms with van der Waals surface area (Å²) < 4.78 is 1.69. The van der Waals surface area contributed by atoms with Crippen molar-refractivity contribution in [2.75, 3.05) is 0 Å². The first-order chi connectivity index (χ1) is 7.70. The lowest BCUT2D eigenvalue weighted by atomic mass is 10.3. The van der Waals surface area contributed by atoms with Crippen molar-refractivity contribution >= 4 is 22.6 Å². The summed E-state index contributed by atoms with van der Waals surface area (Å²) in [6.07, 6.45) is 1.49. The Labute approximate surface area is 102 Å². The molecule has 5 heteroatoms. The van der Waals surface area contributed by atoms with Crippen LogP contribution in [0.15, 0.2) is 6.33 Å². The van der Waals surface area contributed by atoms with Gasteiger partial charge >= 0.3 is 0 Å². The number of hydrogen-bond acceptors (Lipinski definition) is 3. The molecule has 0 radical (unpaired) electrons. The van der Waals surface area contributed by atoms with Gasteiger partial charge in [0.05, 0.1) is 5.69 Å². The molecule has 0 aliphatic rings. The van der Waals surface area contributed by atoms with Gasteiger partial charge in [-0.25, -0.2) is 9.97 Å². The van der Waals surface area contributed by atoms with E-state index in [0.29, 0.717) is 10.7 Å². The van der Waals surface area contributed by atoms with Crippen LogP contribution in [0.5, 0.6) is 0 Å². The van der Waals surface area contributed by atoms with Gasteiger partial charge in [-0.3, -0.25) is 4.68 Å². The lowest BCUT2D eigenvalue weighted by Gasteiger charge is -1.95. The average molecular weight is 243 g/mol. The van der Waals surface area contributed by atoms with E-state index in [-0.39, 0.29) is 0 Å². The Balaban J connectivity index is 0.000000509. The molecule has 0 spiro atoms. The molecule has 0 aliphatic heterocycles. The second-order valence-electron chi connectivity index (χ2n) is 2.57. The molecule has 0 bridgehead atoms. The van der Waals surface area contributed by atoms with Crippen molar-refractivity contribution in [3.05, 3.63) is 17.2 Å². The maximum atomic E-state index is 5.83. The van der Waals surface area contributed by atoms with E-state index in [1.54, 1.807) is 4.68 Å². The normalized spacial score (nSPS) is 8.94. The van der Waals surface area contributed by atoms with Gasteiger partial charge < -0.3 is 0 Å². The van der Waals surface area contributed by atoms with E-state index < -0.39 is 0 Å². The monoisotopic (exact) mass is 242 g/mol. The van der Waals surface area contributed by atoms with Crippen LogP contribution in [-0.4, -0.2) is 19.7 Å². The van der Waals surface area contributed by atoms with Crippen molar-refractivity contribution in [1.82, 2.24) is 19.7 Å². The summed E-state index contributed by atoms with van der Waals surface area (Å²) in [4.78, 5) is 8.09. The Morgan fingerprint density at radius 1 is 1.12 bits per heavy atom. The molecule has 2 aromatic heterocycles. The minimum absolute atomic E-state index is 0.429. The minimum Gasteiger partial charge on any atom is -0.263 e. The molecule has 2 aromatic rings. The topological polar surface area (TPSA) is 43.6 Å². The van der Waals surface area contributed by atoms with E-state index in [4.69, 9.17) is 11.6 Å². The van der Waals surface area contributed by atoms with Crippen LogP contribution >= 0.6 is 11.6 Å². The lowest BCUT2D eigenvalue weighted by Crippen LogP contribution is -1.93. The van der Waals surface area contributed by atoms with Gasteiger partial charge in [0.15, 0.2) is 5.15 Å². The summed E-state index contributed by atoms with van der Waals surface area (Å²) in [5.74, 6) is 0. The Kier molecular flexibility index (Phi) is 6.65. The van der Waals surface area contributed by atoms with Crippen LogP contribution in [0.4, 0.5) is 0 Å². The second-order valence-corrected chi connectivity index (χ2v) is 2.93. The smallest absolute Gasteiger partial charge is 0.177 e. The molecule has 2 heterocycles. The van der Waals surface area contributed by atoms with E-state index in [1.807, 2.05) is 41.7 Å². The number of hydrogen-bond donors (Lipinski definition) is 0. The molecule has 0 saturated carbocycles. The van der Waals surface area contributed by atoms with Crippen molar-refractivity contribution < 1.29 is 0 Å². The first-order valence-electron chi connectivity index (χ1n) is 5.50. The van der Waals surface area contributed by atoms with Crippen LogP contribution < -0.4 is 0 Å². The Morgan fingerprint density at radius 2 is 1.69 bits per heavy atom. The average Bonchev–Trinajstić information content (AvgIpc) is 2.61. The van der Waals surface area contributed by atoms with Crippen molar-refractivity contribution in [2.24, 2.45) is 7.05 Å². The highest BCUT2D eigenvalue weighted by Crippen LogP contribution is 2.20. The molecule has 0 amide bonds. The third-order valence-corrected chi connectivity index (χ3v) is 2.02. The predicted molar refractivity (Wildman–Crippen MR) is 68.7 cm³/mol. The zero-order valence-corrected chi connectivity index (χ0v) is 11.5. The van der Waals surface area contributed by atoms with Gasteiger partial charge in [-0.1, -0.05) is 39.3 Å². The van der Waals surface area contributed by atoms with Crippen LogP contribution in [-0.2, 0) is 7.05 Å². The summed E-state index contributed by atoms with van der Waals surface area (Å²) in [6.45, 7) is 9.90. The van der Waals surface area contributed by atoms with Crippen LogP contribution in [0.3, 0.4) is 0 Å². The largest absolute Gasteiger partial charge is 0.263 e. The lowest BCUT2D eigenvalue weighted by molar-refractivity contribution is 0.792. The molecular formula is C11H19ClN4. The number of halogens is 1. The summed E-state index contributed by atoms with van der Waals surface area (Å²) in [5.41, 5.74) is 2.50. The van der Waals surface area contributed by atoms with E-state index in [2.05, 4.69) is 15.1 Å². The number of aryl methyl sites for hydroxylation is 2. The van der Waals surface area contributed by atoms with Crippen molar-refractivity contribution in [1.29, 1.82) is 0 Å². The third-order valence-electron chi connectivity index (χ3n) is 1.76. The van der Waals surface area contributed by atoms with E-state index in [1.165, 1.54) is 6.33 Å². The van der Waals surface area contributed by atoms with Gasteiger partial charge in [-0.15, -0.1) is 0 Å². The van der Waals surface area contributed by atoms with Crippen molar-refractivity contribution in [3.8, 4) is 0 Å². The summed E-state index contributed by atoms with van der Waals surface area (Å²) >= 11 is 5.83. The first-order valence-corrected chi connectivity index (χ1v) is 5.87. The Morgan fingerprint density at radius 3 is 2.19 bits per heavy atom. The number of fused-ring (bicyclic) bond motifs is 1. The van der Waals surface area contributed by atoms with Crippen LogP contribution in [0.25, 0.3) is 11.0 Å². The molecule has 4 nitrogen and oxygen atoms in total. The van der Waals surface area contributed by atoms with E-state index >= 15 is 0 Å². The van der Waals surface area contributed by atoms with E-state index in [9.17, 15) is 0 Å². The molecule has 16 heavy (non-hydrogen) atoms. The fourth-order valence-corrected chi connectivity index (χ4v) is 1.49. The molecule has 0 unspecified atom stereocenters. The minimum atomic E-state index is 0.429. The van der Waals surface area contributed by atoms with Crippen LogP contribution in [0.1, 0.15) is 33.4 Å². The quantitative estimate of drug-likeness (QED) is 0.711. The number of aromatic nitrogens is 4. The Bertz CT molecular complexity index is 437. The highest BCUT2D eigenvalue weighted by Gasteiger charge is 2.09. The molecule has 0 atom stereocenters. The van der Waals surface area contributed by atoms with Gasteiger partial charge in [0.1, 0.15) is 17.4 Å². The molecule has 2 rings (SSSR count). The van der Waals surface area contributed by atoms with E-state index in [0.717, 1.165) is 11.2 Å². The summed E-state index contributed by atoms with van der Waals surface area (Å²) in [5, 5.41) is 4.46. The van der Waals surface area contributed by atoms with Crippen molar-refractivity contribution in [2.45, 2.75) is 34.6 Å². The molecule has 0 fully saturated rings. The standard InChI is InChI=1S/C7H7ClN4.2C2H6/c1-4-6-5(10-3-9-4)7(8)11-12(6)2;2*1-2/h3H,1-2H3;2*1-2H3. The zero-order valence-electron chi connectivity index (χ0n) is 10.7. The fraction of sp³-hybridized carbons (Fsp3) is 0.545. The molecule has 0 aromatic carbocycles. The predicted octanol–water partition coefficient (Wildman–Crippen LogP) is 3.38. The summed E-state index contributed by atoms with van der Waals surface area (Å²) in [6, 6.07) is 0. The highest BCUT2D eigenvalue weighted by molar-refractivity contribution is 6.33. The van der Waals surface area contributed by atoms with Gasteiger partial charge in [0.25, 0.3) is 0 Å². The molecular weight excluding hydrogens is 224 g/mol. The molecule has 0 N–H and O–H groups in total. The molecule has 0 aliphatic carbocycles. The van der Waals surface area contributed by atoms with Crippen LogP contribution in [0, 0.1) is 6.92 Å². The second kappa shape index (κ2) is 7.17. The number of rotatable bonds is 0. The van der Waals surface area contributed by atoms with Crippen molar-refractivity contribution in [3.63, 3.8) is 0 Å². The van der Waals surface area contributed by atoms with Gasteiger partial charge in [-0.05, 0) is 6.92 Å².